The highest BCUT2D eigenvalue weighted by Gasteiger charge is 2.24. The van der Waals surface area contributed by atoms with Crippen molar-refractivity contribution in [1.29, 1.82) is 0 Å². The van der Waals surface area contributed by atoms with Gasteiger partial charge in [-0.1, -0.05) is 0 Å². The predicted octanol–water partition coefficient (Wildman–Crippen LogP) is 0.815. The highest BCUT2D eigenvalue weighted by atomic mass is 16.5. The van der Waals surface area contributed by atoms with Crippen LogP contribution in [-0.4, -0.2) is 26.9 Å². The Morgan fingerprint density at radius 1 is 1.26 bits per heavy atom. The van der Waals surface area contributed by atoms with Crippen molar-refractivity contribution in [1.82, 2.24) is 25.2 Å². The first-order valence-corrected chi connectivity index (χ1v) is 6.01. The SMILES string of the molecule is COc1cnn(C(C)C)c1C(NN)c1cncnc1. The number of aromatic nitrogens is 4. The molecule has 0 saturated heterocycles. The van der Waals surface area contributed by atoms with Crippen molar-refractivity contribution in [3.05, 3.63) is 36.2 Å². The molecule has 0 aromatic carbocycles. The molecule has 19 heavy (non-hydrogen) atoms. The largest absolute Gasteiger partial charge is 0.493 e. The quantitative estimate of drug-likeness (QED) is 0.612. The summed E-state index contributed by atoms with van der Waals surface area (Å²) in [5, 5.41) is 4.34. The van der Waals surface area contributed by atoms with Gasteiger partial charge < -0.3 is 4.74 Å². The van der Waals surface area contributed by atoms with E-state index >= 15 is 0 Å². The van der Waals surface area contributed by atoms with E-state index in [1.165, 1.54) is 6.33 Å². The maximum absolute atomic E-state index is 5.69. The Bertz CT molecular complexity index is 524. The van der Waals surface area contributed by atoms with Crippen LogP contribution in [0.25, 0.3) is 0 Å². The van der Waals surface area contributed by atoms with Crippen LogP contribution in [0.1, 0.15) is 37.2 Å². The second kappa shape index (κ2) is 5.77. The van der Waals surface area contributed by atoms with Gasteiger partial charge in [0.2, 0.25) is 0 Å². The van der Waals surface area contributed by atoms with Gasteiger partial charge in [0.15, 0.2) is 5.75 Å². The van der Waals surface area contributed by atoms with E-state index in [-0.39, 0.29) is 12.1 Å². The topological polar surface area (TPSA) is 90.9 Å². The Hall–Kier alpha value is -1.99. The van der Waals surface area contributed by atoms with Crippen LogP contribution in [0.3, 0.4) is 0 Å². The van der Waals surface area contributed by atoms with Crippen molar-refractivity contribution in [3.8, 4) is 5.75 Å². The highest BCUT2D eigenvalue weighted by Crippen LogP contribution is 2.30. The number of rotatable bonds is 5. The summed E-state index contributed by atoms with van der Waals surface area (Å²) in [4.78, 5) is 8.03. The summed E-state index contributed by atoms with van der Waals surface area (Å²) in [5.41, 5.74) is 4.48. The Balaban J connectivity index is 2.51. The monoisotopic (exact) mass is 262 g/mol. The molecule has 2 rings (SSSR count). The van der Waals surface area contributed by atoms with Crippen LogP contribution in [-0.2, 0) is 0 Å². The summed E-state index contributed by atoms with van der Waals surface area (Å²) in [6.07, 6.45) is 6.60. The molecule has 7 nitrogen and oxygen atoms in total. The van der Waals surface area contributed by atoms with Gasteiger partial charge in [0.05, 0.1) is 19.3 Å². The zero-order valence-electron chi connectivity index (χ0n) is 11.2. The van der Waals surface area contributed by atoms with Gasteiger partial charge in [-0.15, -0.1) is 0 Å². The zero-order chi connectivity index (χ0) is 13.8. The Morgan fingerprint density at radius 3 is 2.47 bits per heavy atom. The lowest BCUT2D eigenvalue weighted by Crippen LogP contribution is -2.31. The molecule has 2 heterocycles. The van der Waals surface area contributed by atoms with Crippen LogP contribution in [0, 0.1) is 0 Å². The summed E-state index contributed by atoms with van der Waals surface area (Å²) in [6, 6.07) is -0.0829. The van der Waals surface area contributed by atoms with Gasteiger partial charge >= 0.3 is 0 Å². The summed E-state index contributed by atoms with van der Waals surface area (Å²) in [6.45, 7) is 4.09. The lowest BCUT2D eigenvalue weighted by molar-refractivity contribution is 0.394. The molecule has 0 amide bonds. The van der Waals surface area contributed by atoms with Gasteiger partial charge in [0.1, 0.15) is 12.0 Å². The predicted molar refractivity (Wildman–Crippen MR) is 70.4 cm³/mol. The van der Waals surface area contributed by atoms with E-state index in [1.54, 1.807) is 25.7 Å². The average Bonchev–Trinajstić information content (AvgIpc) is 2.85. The van der Waals surface area contributed by atoms with E-state index in [0.29, 0.717) is 5.75 Å². The van der Waals surface area contributed by atoms with Gasteiger partial charge in [0, 0.05) is 24.0 Å². The molecule has 0 aliphatic carbocycles. The fourth-order valence-corrected chi connectivity index (χ4v) is 1.99. The molecular formula is C12H18N6O. The minimum Gasteiger partial charge on any atom is -0.493 e. The molecule has 0 bridgehead atoms. The molecule has 0 aliphatic heterocycles. The van der Waals surface area contributed by atoms with Crippen LogP contribution in [0.2, 0.25) is 0 Å². The molecule has 102 valence electrons. The van der Waals surface area contributed by atoms with Crippen LogP contribution in [0.5, 0.6) is 5.75 Å². The number of hydrogen-bond acceptors (Lipinski definition) is 6. The fraction of sp³-hybridized carbons (Fsp3) is 0.417. The molecule has 0 fully saturated rings. The second-order valence-corrected chi connectivity index (χ2v) is 4.41. The average molecular weight is 262 g/mol. The summed E-state index contributed by atoms with van der Waals surface area (Å²) in [7, 11) is 1.61. The van der Waals surface area contributed by atoms with Crippen LogP contribution < -0.4 is 16.0 Å². The smallest absolute Gasteiger partial charge is 0.161 e. The van der Waals surface area contributed by atoms with Gasteiger partial charge in [-0.3, -0.25) is 10.5 Å². The molecule has 0 aliphatic rings. The molecule has 1 unspecified atom stereocenters. The standard InChI is InChI=1S/C12H18N6O/c1-8(2)18-12(10(19-3)6-16-18)11(17-13)9-4-14-7-15-5-9/h4-8,11,17H,13H2,1-3H3. The Labute approximate surface area is 111 Å². The summed E-state index contributed by atoms with van der Waals surface area (Å²) >= 11 is 0. The highest BCUT2D eigenvalue weighted by molar-refractivity contribution is 5.34. The molecule has 0 saturated carbocycles. The van der Waals surface area contributed by atoms with Crippen LogP contribution in [0.15, 0.2) is 24.9 Å². The van der Waals surface area contributed by atoms with Crippen molar-refractivity contribution in [2.45, 2.75) is 25.9 Å². The van der Waals surface area contributed by atoms with E-state index in [2.05, 4.69) is 20.5 Å². The third-order valence-corrected chi connectivity index (χ3v) is 2.86. The minimum absolute atomic E-state index is 0.194. The normalized spacial score (nSPS) is 12.7. The number of hydrazine groups is 1. The zero-order valence-corrected chi connectivity index (χ0v) is 11.2. The van der Waals surface area contributed by atoms with Crippen LogP contribution >= 0.6 is 0 Å². The van der Waals surface area contributed by atoms with E-state index in [0.717, 1.165) is 11.3 Å². The van der Waals surface area contributed by atoms with Gasteiger partial charge in [0.25, 0.3) is 0 Å². The maximum atomic E-state index is 5.69. The van der Waals surface area contributed by atoms with E-state index in [4.69, 9.17) is 10.6 Å². The number of nitrogens with two attached hydrogens (primary N) is 1. The van der Waals surface area contributed by atoms with Gasteiger partial charge in [-0.25, -0.2) is 15.4 Å². The van der Waals surface area contributed by atoms with E-state index in [9.17, 15) is 0 Å². The first-order chi connectivity index (χ1) is 9.19. The third-order valence-electron chi connectivity index (χ3n) is 2.86. The Kier molecular flexibility index (Phi) is 4.08. The number of methoxy groups -OCH3 is 1. The maximum Gasteiger partial charge on any atom is 0.161 e. The van der Waals surface area contributed by atoms with Crippen molar-refractivity contribution in [3.63, 3.8) is 0 Å². The van der Waals surface area contributed by atoms with E-state index < -0.39 is 0 Å². The van der Waals surface area contributed by atoms with Crippen molar-refractivity contribution in [2.75, 3.05) is 7.11 Å². The lowest BCUT2D eigenvalue weighted by atomic mass is 10.1. The van der Waals surface area contributed by atoms with Gasteiger partial charge in [-0.2, -0.15) is 5.10 Å². The molecule has 2 aromatic rings. The summed E-state index contributed by atoms with van der Waals surface area (Å²) in [5.74, 6) is 6.37. The van der Waals surface area contributed by atoms with Crippen molar-refractivity contribution < 1.29 is 4.74 Å². The Morgan fingerprint density at radius 2 is 1.95 bits per heavy atom. The minimum atomic E-state index is -0.277. The van der Waals surface area contributed by atoms with Gasteiger partial charge in [-0.05, 0) is 13.8 Å². The molecule has 3 N–H and O–H groups in total. The second-order valence-electron chi connectivity index (χ2n) is 4.41. The number of ether oxygens (including phenoxy) is 1. The lowest BCUT2D eigenvalue weighted by Gasteiger charge is -2.20. The molecule has 0 radical (unpaired) electrons. The number of nitrogens with zero attached hydrogens (tertiary/aromatic N) is 4. The molecule has 2 aromatic heterocycles. The molecule has 1 atom stereocenters. The summed E-state index contributed by atoms with van der Waals surface area (Å²) < 4.78 is 7.23. The molecular weight excluding hydrogens is 244 g/mol. The first kappa shape index (κ1) is 13.4. The van der Waals surface area contributed by atoms with Crippen LogP contribution in [0.4, 0.5) is 0 Å². The fourth-order valence-electron chi connectivity index (χ4n) is 1.99. The van der Waals surface area contributed by atoms with Crippen molar-refractivity contribution in [2.24, 2.45) is 5.84 Å². The third kappa shape index (κ3) is 2.56. The van der Waals surface area contributed by atoms with E-state index in [1.807, 2.05) is 18.5 Å². The van der Waals surface area contributed by atoms with Crippen molar-refractivity contribution >= 4 is 0 Å². The number of nitrogens with one attached hydrogen (secondary N) is 1. The first-order valence-electron chi connectivity index (χ1n) is 6.01. The molecule has 0 spiro atoms. The number of hydrogen-bond donors (Lipinski definition) is 2. The molecule has 7 heteroatoms.